The lowest BCUT2D eigenvalue weighted by Gasteiger charge is -2.09. The molecule has 0 bridgehead atoms. The molecule has 2 amide bonds. The van der Waals surface area contributed by atoms with E-state index in [9.17, 15) is 13.6 Å². The van der Waals surface area contributed by atoms with Crippen molar-refractivity contribution in [2.45, 2.75) is 26.1 Å². The highest BCUT2D eigenvalue weighted by atomic mass is 19.3. The van der Waals surface area contributed by atoms with Crippen LogP contribution in [0, 0.1) is 0 Å². The van der Waals surface area contributed by atoms with Gasteiger partial charge in [0.05, 0.1) is 13.2 Å². The molecule has 1 aromatic heterocycles. The number of aliphatic hydroxyl groups is 1. The normalized spacial score (nSPS) is 10.8. The van der Waals surface area contributed by atoms with Crippen LogP contribution in [-0.4, -0.2) is 27.2 Å². The number of amides is 2. The third kappa shape index (κ3) is 5.03. The van der Waals surface area contributed by atoms with Gasteiger partial charge in [0.1, 0.15) is 5.82 Å². The van der Waals surface area contributed by atoms with Crippen LogP contribution in [0.15, 0.2) is 36.7 Å². The van der Waals surface area contributed by atoms with Gasteiger partial charge in [-0.2, -0.15) is 8.78 Å². The van der Waals surface area contributed by atoms with Gasteiger partial charge in [0.25, 0.3) is 0 Å². The number of aromatic nitrogens is 2. The number of carbonyl (C=O) groups excluding carboxylic acids is 1. The smallest absolute Gasteiger partial charge is 0.319 e. The Kier molecular flexibility index (Phi) is 6.04. The topological polar surface area (TPSA) is 79.2 Å². The number of halogens is 2. The first-order valence-corrected chi connectivity index (χ1v) is 7.10. The van der Waals surface area contributed by atoms with Crippen LogP contribution in [0.4, 0.5) is 13.6 Å². The molecule has 2 aromatic rings. The van der Waals surface area contributed by atoms with E-state index in [1.807, 2.05) is 24.3 Å². The number of rotatable bonds is 7. The number of nitrogens with one attached hydrogen (secondary N) is 2. The monoisotopic (exact) mass is 324 g/mol. The molecule has 0 aliphatic carbocycles. The van der Waals surface area contributed by atoms with Crippen molar-refractivity contribution in [2.24, 2.45) is 0 Å². The summed E-state index contributed by atoms with van der Waals surface area (Å²) < 4.78 is 25.9. The zero-order valence-electron chi connectivity index (χ0n) is 12.4. The molecule has 0 radical (unpaired) electrons. The van der Waals surface area contributed by atoms with Crippen molar-refractivity contribution in [1.82, 2.24) is 20.2 Å². The molecule has 0 aliphatic rings. The lowest BCUT2D eigenvalue weighted by Crippen LogP contribution is -2.36. The lowest BCUT2D eigenvalue weighted by atomic mass is 10.1. The van der Waals surface area contributed by atoms with Crippen molar-refractivity contribution in [2.75, 3.05) is 6.54 Å². The Morgan fingerprint density at radius 2 is 1.91 bits per heavy atom. The maximum absolute atomic E-state index is 12.6. The van der Waals surface area contributed by atoms with E-state index < -0.39 is 12.6 Å². The van der Waals surface area contributed by atoms with Crippen molar-refractivity contribution in [3.05, 3.63) is 53.6 Å². The van der Waals surface area contributed by atoms with E-state index in [0.717, 1.165) is 17.3 Å². The van der Waals surface area contributed by atoms with E-state index in [0.29, 0.717) is 17.5 Å². The fraction of sp³-hybridized carbons (Fsp3) is 0.333. The first-order chi connectivity index (χ1) is 11.1. The van der Waals surface area contributed by atoms with E-state index in [2.05, 4.69) is 15.6 Å². The van der Waals surface area contributed by atoms with Crippen molar-refractivity contribution in [3.63, 3.8) is 0 Å². The predicted octanol–water partition coefficient (Wildman–Crippen LogP) is 1.81. The van der Waals surface area contributed by atoms with Gasteiger partial charge >= 0.3 is 12.6 Å². The number of nitrogens with zero attached hydrogens (tertiary/aromatic N) is 2. The zero-order chi connectivity index (χ0) is 16.7. The molecule has 1 aromatic carbocycles. The first-order valence-electron chi connectivity index (χ1n) is 7.10. The average molecular weight is 324 g/mol. The summed E-state index contributed by atoms with van der Waals surface area (Å²) in [5, 5.41) is 14.1. The van der Waals surface area contributed by atoms with E-state index in [-0.39, 0.29) is 19.0 Å². The summed E-state index contributed by atoms with van der Waals surface area (Å²) in [6, 6.07) is 6.95. The van der Waals surface area contributed by atoms with Gasteiger partial charge in [-0.15, -0.1) is 0 Å². The molecule has 8 heteroatoms. The Morgan fingerprint density at radius 3 is 2.57 bits per heavy atom. The predicted molar refractivity (Wildman–Crippen MR) is 79.8 cm³/mol. The van der Waals surface area contributed by atoms with Gasteiger partial charge in [-0.25, -0.2) is 9.78 Å². The number of hydrogen-bond acceptors (Lipinski definition) is 3. The van der Waals surface area contributed by atoms with Crippen molar-refractivity contribution < 1.29 is 18.7 Å². The van der Waals surface area contributed by atoms with Crippen LogP contribution in [-0.2, 0) is 19.6 Å². The maximum Gasteiger partial charge on any atom is 0.319 e. The lowest BCUT2D eigenvalue weighted by molar-refractivity contribution is 0.0667. The van der Waals surface area contributed by atoms with E-state index in [1.54, 1.807) is 0 Å². The molecule has 124 valence electrons. The van der Waals surface area contributed by atoms with Crippen LogP contribution in [0.3, 0.4) is 0 Å². The molecule has 0 saturated carbocycles. The molecule has 0 spiro atoms. The summed E-state index contributed by atoms with van der Waals surface area (Å²) in [4.78, 5) is 15.4. The molecule has 0 atom stereocenters. The Bertz CT molecular complexity index is 629. The van der Waals surface area contributed by atoms with Gasteiger partial charge in [-0.05, 0) is 17.5 Å². The number of alkyl halides is 2. The van der Waals surface area contributed by atoms with Crippen LogP contribution in [0.25, 0.3) is 0 Å². The number of urea groups is 1. The highest BCUT2D eigenvalue weighted by Gasteiger charge is 2.11. The van der Waals surface area contributed by atoms with Crippen molar-refractivity contribution in [1.29, 1.82) is 0 Å². The van der Waals surface area contributed by atoms with Crippen molar-refractivity contribution in [3.8, 4) is 0 Å². The molecular weight excluding hydrogens is 306 g/mol. The average Bonchev–Trinajstić information content (AvgIpc) is 3.02. The standard InChI is InChI=1S/C15H18F2N4O2/c16-14(17)21-8-7-18-13(21)9-20-15(23)19-6-5-11-1-3-12(10-22)4-2-11/h1-4,7-8,14,22H,5-6,9-10H2,(H2,19,20,23). The summed E-state index contributed by atoms with van der Waals surface area (Å²) in [6.07, 6.45) is 3.05. The number of benzene rings is 1. The summed E-state index contributed by atoms with van der Waals surface area (Å²) >= 11 is 0. The molecular formula is C15H18F2N4O2. The fourth-order valence-electron chi connectivity index (χ4n) is 2.01. The molecule has 1 heterocycles. The summed E-state index contributed by atoms with van der Waals surface area (Å²) in [6.45, 7) is -2.35. The van der Waals surface area contributed by atoms with Gasteiger partial charge in [0.2, 0.25) is 0 Å². The molecule has 0 aliphatic heterocycles. The number of hydrogen-bond donors (Lipinski definition) is 3. The van der Waals surface area contributed by atoms with E-state index in [4.69, 9.17) is 5.11 Å². The largest absolute Gasteiger partial charge is 0.392 e. The number of imidazole rings is 1. The Morgan fingerprint density at radius 1 is 1.22 bits per heavy atom. The van der Waals surface area contributed by atoms with Crippen LogP contribution < -0.4 is 10.6 Å². The number of aliphatic hydroxyl groups excluding tert-OH is 1. The van der Waals surface area contributed by atoms with Gasteiger partial charge in [-0.1, -0.05) is 24.3 Å². The Hall–Kier alpha value is -2.48. The molecule has 6 nitrogen and oxygen atoms in total. The van der Waals surface area contributed by atoms with E-state index in [1.165, 1.54) is 6.20 Å². The van der Waals surface area contributed by atoms with Crippen LogP contribution >= 0.6 is 0 Å². The van der Waals surface area contributed by atoms with E-state index >= 15 is 0 Å². The third-order valence-electron chi connectivity index (χ3n) is 3.27. The third-order valence-corrected chi connectivity index (χ3v) is 3.27. The molecule has 0 saturated heterocycles. The summed E-state index contributed by atoms with van der Waals surface area (Å²) in [7, 11) is 0. The second-order valence-electron chi connectivity index (χ2n) is 4.86. The minimum Gasteiger partial charge on any atom is -0.392 e. The van der Waals surface area contributed by atoms with Crippen LogP contribution in [0.1, 0.15) is 23.5 Å². The second kappa shape index (κ2) is 8.23. The minimum absolute atomic E-state index is 0.00465. The zero-order valence-corrected chi connectivity index (χ0v) is 12.4. The molecule has 3 N–H and O–H groups in total. The number of carbonyl (C=O) groups is 1. The quantitative estimate of drug-likeness (QED) is 0.727. The first kappa shape index (κ1) is 16.9. The van der Waals surface area contributed by atoms with Gasteiger partial charge in [0.15, 0.2) is 0 Å². The van der Waals surface area contributed by atoms with Gasteiger partial charge in [0, 0.05) is 18.9 Å². The molecule has 0 fully saturated rings. The maximum atomic E-state index is 12.6. The molecule has 23 heavy (non-hydrogen) atoms. The van der Waals surface area contributed by atoms with Gasteiger partial charge in [-0.3, -0.25) is 4.57 Å². The second-order valence-corrected chi connectivity index (χ2v) is 4.86. The Labute approximate surface area is 132 Å². The highest BCUT2D eigenvalue weighted by molar-refractivity contribution is 5.73. The molecule has 0 unspecified atom stereocenters. The van der Waals surface area contributed by atoms with Gasteiger partial charge < -0.3 is 15.7 Å². The fourth-order valence-corrected chi connectivity index (χ4v) is 2.01. The minimum atomic E-state index is -2.68. The summed E-state index contributed by atoms with van der Waals surface area (Å²) in [5.74, 6) is 0.0924. The SMILES string of the molecule is O=C(NCCc1ccc(CO)cc1)NCc1nccn1C(F)F. The highest BCUT2D eigenvalue weighted by Crippen LogP contribution is 2.11. The van der Waals surface area contributed by atoms with Crippen LogP contribution in [0.2, 0.25) is 0 Å². The van der Waals surface area contributed by atoms with Crippen LogP contribution in [0.5, 0.6) is 0 Å². The Balaban J connectivity index is 1.71. The van der Waals surface area contributed by atoms with Crippen molar-refractivity contribution >= 4 is 6.03 Å². The molecule has 2 rings (SSSR count). The summed E-state index contributed by atoms with van der Waals surface area (Å²) in [5.41, 5.74) is 1.85.